The predicted molar refractivity (Wildman–Crippen MR) is 61.9 cm³/mol. The van der Waals surface area contributed by atoms with Gasteiger partial charge in [-0.3, -0.25) is 0 Å². The van der Waals surface area contributed by atoms with Gasteiger partial charge >= 0.3 is 0 Å². The maximum Gasteiger partial charge on any atom is 0.208 e. The van der Waals surface area contributed by atoms with E-state index in [9.17, 15) is 13.5 Å². The number of rotatable bonds is 4. The van der Waals surface area contributed by atoms with Crippen molar-refractivity contribution in [3.8, 4) is 0 Å². The Hall–Kier alpha value is -0.430. The van der Waals surface area contributed by atoms with Gasteiger partial charge in [0.1, 0.15) is 0 Å². The third kappa shape index (κ3) is 4.29. The monoisotopic (exact) mass is 293 g/mol. The van der Waals surface area contributed by atoms with Crippen LogP contribution in [0.2, 0.25) is 0 Å². The van der Waals surface area contributed by atoms with Crippen LogP contribution in [0.3, 0.4) is 0 Å². The summed E-state index contributed by atoms with van der Waals surface area (Å²) in [4.78, 5) is 0. The molecule has 0 aliphatic carbocycles. The van der Waals surface area contributed by atoms with Crippen molar-refractivity contribution in [2.75, 3.05) is 12.8 Å². The molecule has 0 bridgehead atoms. The molecule has 0 saturated carbocycles. The number of aliphatic hydroxyl groups excluding tert-OH is 1. The lowest BCUT2D eigenvalue weighted by Crippen LogP contribution is -2.27. The summed E-state index contributed by atoms with van der Waals surface area (Å²) in [7, 11) is -3.27. The first-order valence-corrected chi connectivity index (χ1v) is 6.96. The number of benzene rings is 1. The van der Waals surface area contributed by atoms with Gasteiger partial charge in [0.25, 0.3) is 0 Å². The van der Waals surface area contributed by atoms with Crippen LogP contribution in [-0.4, -0.2) is 26.3 Å². The normalized spacial score (nSPS) is 13.8. The summed E-state index contributed by atoms with van der Waals surface area (Å²) in [6.07, 6.45) is 0.204. The van der Waals surface area contributed by atoms with Crippen molar-refractivity contribution in [2.45, 2.75) is 6.10 Å². The third-order valence-corrected chi connectivity index (χ3v) is 3.22. The Labute approximate surface area is 97.5 Å². The minimum absolute atomic E-state index is 0.0263. The Morgan fingerprint density at radius 2 is 2.07 bits per heavy atom. The maximum atomic E-state index is 10.8. The molecular weight excluding hydrogens is 282 g/mol. The molecule has 0 aromatic heterocycles. The fourth-order valence-electron chi connectivity index (χ4n) is 1.09. The van der Waals surface area contributed by atoms with Crippen molar-refractivity contribution in [1.82, 2.24) is 4.72 Å². The highest BCUT2D eigenvalue weighted by atomic mass is 79.9. The van der Waals surface area contributed by atoms with E-state index in [0.29, 0.717) is 5.56 Å². The number of aliphatic hydroxyl groups is 1. The SMILES string of the molecule is CS(=O)(=O)NCC(O)c1ccccc1Br. The molecule has 6 heteroatoms. The molecule has 0 spiro atoms. The van der Waals surface area contributed by atoms with Gasteiger partial charge < -0.3 is 5.11 Å². The first-order valence-electron chi connectivity index (χ1n) is 4.27. The average Bonchev–Trinajstić information content (AvgIpc) is 2.14. The van der Waals surface area contributed by atoms with E-state index in [0.717, 1.165) is 10.7 Å². The maximum absolute atomic E-state index is 10.8. The van der Waals surface area contributed by atoms with Crippen LogP contribution in [0.25, 0.3) is 0 Å². The minimum atomic E-state index is -3.27. The summed E-state index contributed by atoms with van der Waals surface area (Å²) in [6.45, 7) is -0.0263. The Bertz CT molecular complexity index is 433. The number of hydrogen-bond donors (Lipinski definition) is 2. The smallest absolute Gasteiger partial charge is 0.208 e. The molecule has 1 rings (SSSR count). The highest BCUT2D eigenvalue weighted by Crippen LogP contribution is 2.22. The Kier molecular flexibility index (Phi) is 4.27. The Morgan fingerprint density at radius 1 is 1.47 bits per heavy atom. The minimum Gasteiger partial charge on any atom is -0.387 e. The molecule has 2 N–H and O–H groups in total. The fourth-order valence-corrected chi connectivity index (χ4v) is 2.10. The van der Waals surface area contributed by atoms with Gasteiger partial charge in [-0.2, -0.15) is 0 Å². The lowest BCUT2D eigenvalue weighted by Gasteiger charge is -2.12. The number of halogens is 1. The van der Waals surface area contributed by atoms with Crippen LogP contribution >= 0.6 is 15.9 Å². The van der Waals surface area contributed by atoms with Crippen molar-refractivity contribution in [3.05, 3.63) is 34.3 Å². The van der Waals surface area contributed by atoms with Crippen LogP contribution in [0.15, 0.2) is 28.7 Å². The molecule has 0 radical (unpaired) electrons. The number of sulfonamides is 1. The van der Waals surface area contributed by atoms with Crippen LogP contribution in [0, 0.1) is 0 Å². The molecule has 1 aromatic carbocycles. The van der Waals surface area contributed by atoms with E-state index in [2.05, 4.69) is 20.7 Å². The lowest BCUT2D eigenvalue weighted by atomic mass is 10.1. The second kappa shape index (κ2) is 5.07. The summed E-state index contributed by atoms with van der Waals surface area (Å²) >= 11 is 3.28. The fraction of sp³-hybridized carbons (Fsp3) is 0.333. The van der Waals surface area contributed by atoms with Crippen LogP contribution < -0.4 is 4.72 Å². The summed E-state index contributed by atoms with van der Waals surface area (Å²) in [5.41, 5.74) is 0.661. The van der Waals surface area contributed by atoms with E-state index >= 15 is 0 Å². The summed E-state index contributed by atoms with van der Waals surface area (Å²) < 4.78 is 24.6. The molecule has 0 fully saturated rings. The quantitative estimate of drug-likeness (QED) is 0.871. The first-order chi connectivity index (χ1) is 6.90. The van der Waals surface area contributed by atoms with E-state index in [1.807, 2.05) is 6.07 Å². The van der Waals surface area contributed by atoms with E-state index in [4.69, 9.17) is 0 Å². The molecule has 15 heavy (non-hydrogen) atoms. The molecule has 0 aliphatic heterocycles. The zero-order valence-electron chi connectivity index (χ0n) is 8.14. The molecule has 1 unspecified atom stereocenters. The summed E-state index contributed by atoms with van der Waals surface area (Å²) in [5, 5.41) is 9.71. The summed E-state index contributed by atoms with van der Waals surface area (Å²) in [5.74, 6) is 0. The lowest BCUT2D eigenvalue weighted by molar-refractivity contribution is 0.181. The molecule has 84 valence electrons. The van der Waals surface area contributed by atoms with Crippen molar-refractivity contribution in [3.63, 3.8) is 0 Å². The number of hydrogen-bond acceptors (Lipinski definition) is 3. The standard InChI is InChI=1S/C9H12BrNO3S/c1-15(13,14)11-6-9(12)7-4-2-3-5-8(7)10/h2-5,9,11-12H,6H2,1H3. The van der Waals surface area contributed by atoms with Gasteiger partial charge in [-0.15, -0.1) is 0 Å². The largest absolute Gasteiger partial charge is 0.387 e. The van der Waals surface area contributed by atoms with Crippen LogP contribution in [-0.2, 0) is 10.0 Å². The van der Waals surface area contributed by atoms with Crippen molar-refractivity contribution in [1.29, 1.82) is 0 Å². The van der Waals surface area contributed by atoms with Crippen molar-refractivity contribution in [2.24, 2.45) is 0 Å². The zero-order valence-corrected chi connectivity index (χ0v) is 10.5. The van der Waals surface area contributed by atoms with Gasteiger partial charge in [-0.05, 0) is 11.6 Å². The van der Waals surface area contributed by atoms with Gasteiger partial charge in [0.15, 0.2) is 0 Å². The highest BCUT2D eigenvalue weighted by molar-refractivity contribution is 9.10. The second-order valence-electron chi connectivity index (χ2n) is 3.16. The Balaban J connectivity index is 2.70. The topological polar surface area (TPSA) is 66.4 Å². The van der Waals surface area contributed by atoms with E-state index < -0.39 is 16.1 Å². The molecule has 0 aliphatic rings. The van der Waals surface area contributed by atoms with Crippen LogP contribution in [0.1, 0.15) is 11.7 Å². The van der Waals surface area contributed by atoms with E-state index in [1.54, 1.807) is 18.2 Å². The van der Waals surface area contributed by atoms with Gasteiger partial charge in [0.05, 0.1) is 12.4 Å². The van der Waals surface area contributed by atoms with Gasteiger partial charge in [0, 0.05) is 11.0 Å². The van der Waals surface area contributed by atoms with Gasteiger partial charge in [-0.25, -0.2) is 13.1 Å². The predicted octanol–water partition coefficient (Wildman–Crippen LogP) is 1.03. The first kappa shape index (κ1) is 12.6. The molecule has 0 heterocycles. The van der Waals surface area contributed by atoms with Crippen molar-refractivity contribution < 1.29 is 13.5 Å². The molecule has 4 nitrogen and oxygen atoms in total. The number of nitrogens with one attached hydrogen (secondary N) is 1. The zero-order chi connectivity index (χ0) is 11.5. The van der Waals surface area contributed by atoms with Gasteiger partial charge in [-0.1, -0.05) is 34.1 Å². The molecule has 1 atom stereocenters. The highest BCUT2D eigenvalue weighted by Gasteiger charge is 2.12. The molecule has 0 saturated heterocycles. The Morgan fingerprint density at radius 3 is 2.60 bits per heavy atom. The van der Waals surface area contributed by atoms with E-state index in [-0.39, 0.29) is 6.54 Å². The third-order valence-electron chi connectivity index (χ3n) is 1.80. The molecular formula is C9H12BrNO3S. The average molecular weight is 294 g/mol. The molecule has 1 aromatic rings. The van der Waals surface area contributed by atoms with Crippen LogP contribution in [0.4, 0.5) is 0 Å². The van der Waals surface area contributed by atoms with Crippen molar-refractivity contribution >= 4 is 26.0 Å². The van der Waals surface area contributed by atoms with Crippen LogP contribution in [0.5, 0.6) is 0 Å². The molecule has 0 amide bonds. The summed E-state index contributed by atoms with van der Waals surface area (Å²) in [6, 6.07) is 7.13. The van der Waals surface area contributed by atoms with E-state index in [1.165, 1.54) is 0 Å². The second-order valence-corrected chi connectivity index (χ2v) is 5.85. The van der Waals surface area contributed by atoms with Gasteiger partial charge in [0.2, 0.25) is 10.0 Å².